The summed E-state index contributed by atoms with van der Waals surface area (Å²) in [5.41, 5.74) is 0. The second-order valence-corrected chi connectivity index (χ2v) is 6.90. The Morgan fingerprint density at radius 2 is 2.00 bits per heavy atom. The highest BCUT2D eigenvalue weighted by molar-refractivity contribution is 5.76. The molecule has 0 aromatic carbocycles. The van der Waals surface area contributed by atoms with E-state index in [0.29, 0.717) is 18.1 Å². The van der Waals surface area contributed by atoms with Crippen LogP contribution in [0.2, 0.25) is 0 Å². The second kappa shape index (κ2) is 7.10. The molecule has 0 N–H and O–H groups in total. The van der Waals surface area contributed by atoms with E-state index in [1.807, 2.05) is 0 Å². The molecule has 0 radical (unpaired) electrons. The number of fused-ring (bicyclic) bond motifs is 1. The highest BCUT2D eigenvalue weighted by Gasteiger charge is 2.45. The molecule has 0 aromatic rings. The van der Waals surface area contributed by atoms with Crippen molar-refractivity contribution in [1.29, 1.82) is 0 Å². The van der Waals surface area contributed by atoms with E-state index in [1.165, 1.54) is 52.1 Å². The molecule has 2 heterocycles. The van der Waals surface area contributed by atoms with Crippen LogP contribution >= 0.6 is 0 Å². The Morgan fingerprint density at radius 3 is 2.76 bits per heavy atom. The van der Waals surface area contributed by atoms with Crippen LogP contribution in [0.3, 0.4) is 0 Å². The van der Waals surface area contributed by atoms with E-state index in [2.05, 4.69) is 4.90 Å². The number of hydrogen-bond donors (Lipinski definition) is 0. The first-order valence-electron chi connectivity index (χ1n) is 8.74. The monoisotopic (exact) mass is 295 g/mol. The summed E-state index contributed by atoms with van der Waals surface area (Å²) in [4.78, 5) is 14.6. The van der Waals surface area contributed by atoms with Crippen molar-refractivity contribution in [1.82, 2.24) is 4.90 Å². The van der Waals surface area contributed by atoms with Crippen molar-refractivity contribution >= 4 is 5.97 Å². The summed E-state index contributed by atoms with van der Waals surface area (Å²) in [6.07, 6.45) is 11.3. The van der Waals surface area contributed by atoms with E-state index in [1.54, 1.807) is 0 Å². The van der Waals surface area contributed by atoms with E-state index in [9.17, 15) is 4.79 Å². The largest absolute Gasteiger partial charge is 0.468 e. The van der Waals surface area contributed by atoms with Gasteiger partial charge < -0.3 is 9.47 Å². The summed E-state index contributed by atoms with van der Waals surface area (Å²) in [6, 6.07) is 0.595. The first-order chi connectivity index (χ1) is 10.3. The van der Waals surface area contributed by atoms with Crippen molar-refractivity contribution in [2.24, 2.45) is 5.92 Å². The fourth-order valence-electron chi connectivity index (χ4n) is 4.57. The standard InChI is InChI=1S/C17H29NO3/c1-20-17(19)16-12-13-6-2-3-8-15(13)18(16)10-9-14-7-4-5-11-21-14/h13-16H,2-12H2,1H3/t13-,14+,15-,16-/m0/s1. The van der Waals surface area contributed by atoms with E-state index in [4.69, 9.17) is 9.47 Å². The summed E-state index contributed by atoms with van der Waals surface area (Å²) < 4.78 is 10.9. The normalized spacial score (nSPS) is 37.2. The van der Waals surface area contributed by atoms with Crippen LogP contribution in [0.4, 0.5) is 0 Å². The van der Waals surface area contributed by atoms with Gasteiger partial charge in [0.15, 0.2) is 0 Å². The summed E-state index contributed by atoms with van der Waals surface area (Å²) in [5, 5.41) is 0. The fraction of sp³-hybridized carbons (Fsp3) is 0.941. The molecule has 0 spiro atoms. The van der Waals surface area contributed by atoms with Gasteiger partial charge in [-0.15, -0.1) is 0 Å². The van der Waals surface area contributed by atoms with Crippen LogP contribution in [-0.4, -0.2) is 49.3 Å². The lowest BCUT2D eigenvalue weighted by molar-refractivity contribution is -0.146. The van der Waals surface area contributed by atoms with Crippen molar-refractivity contribution < 1.29 is 14.3 Å². The van der Waals surface area contributed by atoms with Crippen LogP contribution in [0.25, 0.3) is 0 Å². The minimum absolute atomic E-state index is 0.00769. The maximum absolute atomic E-state index is 12.1. The quantitative estimate of drug-likeness (QED) is 0.748. The number of nitrogens with zero attached hydrogens (tertiary/aromatic N) is 1. The third-order valence-corrected chi connectivity index (χ3v) is 5.68. The summed E-state index contributed by atoms with van der Waals surface area (Å²) in [5.74, 6) is 0.670. The van der Waals surface area contributed by atoms with Crippen molar-refractivity contribution in [3.8, 4) is 0 Å². The molecule has 0 unspecified atom stereocenters. The molecule has 3 fully saturated rings. The average molecular weight is 295 g/mol. The molecule has 3 aliphatic rings. The number of carbonyl (C=O) groups excluding carboxylic acids is 1. The molecule has 3 rings (SSSR count). The third-order valence-electron chi connectivity index (χ3n) is 5.68. The molecule has 2 aliphatic heterocycles. The van der Waals surface area contributed by atoms with Gasteiger partial charge in [-0.2, -0.15) is 0 Å². The van der Waals surface area contributed by atoms with Crippen LogP contribution in [-0.2, 0) is 14.3 Å². The number of methoxy groups -OCH3 is 1. The van der Waals surface area contributed by atoms with E-state index >= 15 is 0 Å². The average Bonchev–Trinajstić information content (AvgIpc) is 2.92. The Kier molecular flexibility index (Phi) is 5.17. The van der Waals surface area contributed by atoms with Crippen LogP contribution < -0.4 is 0 Å². The smallest absolute Gasteiger partial charge is 0.323 e. The van der Waals surface area contributed by atoms with Gasteiger partial charge in [-0.1, -0.05) is 12.8 Å². The zero-order chi connectivity index (χ0) is 14.7. The van der Waals surface area contributed by atoms with Crippen molar-refractivity contribution in [3.63, 3.8) is 0 Å². The minimum atomic E-state index is -0.0334. The molecular formula is C17H29NO3. The highest BCUT2D eigenvalue weighted by atomic mass is 16.5. The second-order valence-electron chi connectivity index (χ2n) is 6.90. The van der Waals surface area contributed by atoms with Crippen LogP contribution in [0, 0.1) is 5.92 Å². The van der Waals surface area contributed by atoms with Gasteiger partial charge in [-0.3, -0.25) is 9.69 Å². The molecule has 4 nitrogen and oxygen atoms in total. The van der Waals surface area contributed by atoms with Gasteiger partial charge >= 0.3 is 5.97 Å². The maximum atomic E-state index is 12.1. The predicted octanol–water partition coefficient (Wildman–Crippen LogP) is 2.75. The van der Waals surface area contributed by atoms with Crippen molar-refractivity contribution in [2.75, 3.05) is 20.3 Å². The molecule has 2 saturated heterocycles. The van der Waals surface area contributed by atoms with Crippen molar-refractivity contribution in [3.05, 3.63) is 0 Å². The van der Waals surface area contributed by atoms with Gasteiger partial charge in [-0.05, 0) is 50.9 Å². The molecule has 4 heteroatoms. The van der Waals surface area contributed by atoms with Crippen LogP contribution in [0.5, 0.6) is 0 Å². The SMILES string of the molecule is COC(=O)[C@@H]1C[C@@H]2CCCC[C@@H]2N1CC[C@H]1CCCCO1. The Bertz CT molecular complexity index is 354. The van der Waals surface area contributed by atoms with Gasteiger partial charge in [0.2, 0.25) is 0 Å². The molecule has 0 bridgehead atoms. The molecule has 1 saturated carbocycles. The number of likely N-dealkylation sites (tertiary alicyclic amines) is 1. The molecule has 21 heavy (non-hydrogen) atoms. The molecule has 0 amide bonds. The molecule has 0 aromatic heterocycles. The molecular weight excluding hydrogens is 266 g/mol. The molecule has 120 valence electrons. The molecule has 4 atom stereocenters. The van der Waals surface area contributed by atoms with Gasteiger partial charge in [0.1, 0.15) is 6.04 Å². The number of ether oxygens (including phenoxy) is 2. The van der Waals surface area contributed by atoms with Crippen LogP contribution in [0.15, 0.2) is 0 Å². The Morgan fingerprint density at radius 1 is 1.19 bits per heavy atom. The van der Waals surface area contributed by atoms with E-state index in [-0.39, 0.29) is 12.0 Å². The Labute approximate surface area is 128 Å². The van der Waals surface area contributed by atoms with Crippen LogP contribution in [0.1, 0.15) is 57.8 Å². The van der Waals surface area contributed by atoms with Gasteiger partial charge in [0.25, 0.3) is 0 Å². The topological polar surface area (TPSA) is 38.8 Å². The van der Waals surface area contributed by atoms with Crippen molar-refractivity contribution in [2.45, 2.75) is 76.0 Å². The lowest BCUT2D eigenvalue weighted by atomic mass is 9.84. The number of carbonyl (C=O) groups is 1. The fourth-order valence-corrected chi connectivity index (χ4v) is 4.57. The highest BCUT2D eigenvalue weighted by Crippen LogP contribution is 2.40. The first-order valence-corrected chi connectivity index (χ1v) is 8.74. The summed E-state index contributed by atoms with van der Waals surface area (Å²) >= 11 is 0. The summed E-state index contributed by atoms with van der Waals surface area (Å²) in [6.45, 7) is 1.91. The minimum Gasteiger partial charge on any atom is -0.468 e. The number of hydrogen-bond acceptors (Lipinski definition) is 4. The Hall–Kier alpha value is -0.610. The zero-order valence-corrected chi connectivity index (χ0v) is 13.3. The van der Waals surface area contributed by atoms with E-state index in [0.717, 1.165) is 26.0 Å². The number of esters is 1. The lowest BCUT2D eigenvalue weighted by Gasteiger charge is -2.34. The van der Waals surface area contributed by atoms with Gasteiger partial charge in [-0.25, -0.2) is 0 Å². The predicted molar refractivity (Wildman–Crippen MR) is 81.1 cm³/mol. The molecule has 1 aliphatic carbocycles. The first kappa shape index (κ1) is 15.3. The maximum Gasteiger partial charge on any atom is 0.323 e. The summed E-state index contributed by atoms with van der Waals surface area (Å²) in [7, 11) is 1.52. The van der Waals surface area contributed by atoms with Gasteiger partial charge in [0, 0.05) is 19.2 Å². The van der Waals surface area contributed by atoms with E-state index < -0.39 is 0 Å². The zero-order valence-electron chi connectivity index (χ0n) is 13.3. The van der Waals surface area contributed by atoms with Gasteiger partial charge in [0.05, 0.1) is 13.2 Å². The third kappa shape index (κ3) is 3.42. The lowest BCUT2D eigenvalue weighted by Crippen LogP contribution is -2.44. The number of rotatable bonds is 4. The Balaban J connectivity index is 1.61.